The number of carbonyl (C=O) groups is 1. The topological polar surface area (TPSA) is 64.4 Å². The molecule has 1 saturated carbocycles. The van der Waals surface area contributed by atoms with Crippen molar-refractivity contribution in [3.63, 3.8) is 0 Å². The summed E-state index contributed by atoms with van der Waals surface area (Å²) in [5, 5.41) is 2.88. The van der Waals surface area contributed by atoms with Crippen LogP contribution < -0.4 is 5.32 Å². The molecule has 2 aromatic rings. The van der Waals surface area contributed by atoms with Gasteiger partial charge in [-0.25, -0.2) is 4.98 Å². The van der Waals surface area contributed by atoms with E-state index in [1.165, 1.54) is 12.8 Å². The highest BCUT2D eigenvalue weighted by Crippen LogP contribution is 2.28. The first kappa shape index (κ1) is 15.7. The lowest BCUT2D eigenvalue weighted by Gasteiger charge is -2.04. The quantitative estimate of drug-likeness (QED) is 0.723. The molecule has 0 unspecified atom stereocenters. The molecular weight excluding hydrogens is 292 g/mol. The van der Waals surface area contributed by atoms with Gasteiger partial charge in [0, 0.05) is 25.3 Å². The minimum Gasteiger partial charge on any atom is -0.444 e. The third kappa shape index (κ3) is 5.21. The summed E-state index contributed by atoms with van der Waals surface area (Å²) in [6.07, 6.45) is 5.23. The van der Waals surface area contributed by atoms with Crippen LogP contribution in [-0.4, -0.2) is 30.6 Å². The van der Waals surface area contributed by atoms with Crippen molar-refractivity contribution in [1.82, 2.24) is 10.3 Å². The first-order chi connectivity index (χ1) is 11.3. The first-order valence-corrected chi connectivity index (χ1v) is 8.15. The van der Waals surface area contributed by atoms with E-state index in [9.17, 15) is 4.79 Å². The molecule has 1 aromatic heterocycles. The van der Waals surface area contributed by atoms with Crippen LogP contribution >= 0.6 is 0 Å². The van der Waals surface area contributed by atoms with Gasteiger partial charge in [0.05, 0.1) is 12.1 Å². The van der Waals surface area contributed by atoms with Crippen molar-refractivity contribution >= 4 is 5.91 Å². The maximum atomic E-state index is 11.9. The van der Waals surface area contributed by atoms with Crippen molar-refractivity contribution in [3.8, 4) is 11.5 Å². The van der Waals surface area contributed by atoms with E-state index in [4.69, 9.17) is 9.15 Å². The Kier molecular flexibility index (Phi) is 5.42. The molecule has 5 nitrogen and oxygen atoms in total. The van der Waals surface area contributed by atoms with Crippen molar-refractivity contribution in [2.45, 2.75) is 25.7 Å². The predicted octanol–water partition coefficient (Wildman–Crippen LogP) is 2.82. The Hall–Kier alpha value is -2.14. The number of benzene rings is 1. The van der Waals surface area contributed by atoms with Gasteiger partial charge in [0.15, 0.2) is 0 Å². The maximum Gasteiger partial charge on any atom is 0.226 e. The van der Waals surface area contributed by atoms with Crippen LogP contribution in [0.25, 0.3) is 11.5 Å². The monoisotopic (exact) mass is 314 g/mol. The smallest absolute Gasteiger partial charge is 0.226 e. The second kappa shape index (κ2) is 7.92. The summed E-state index contributed by atoms with van der Waals surface area (Å²) >= 11 is 0. The number of carbonyl (C=O) groups excluding carboxylic acids is 1. The Morgan fingerprint density at radius 1 is 1.30 bits per heavy atom. The number of hydrogen-bond donors (Lipinski definition) is 1. The van der Waals surface area contributed by atoms with Crippen LogP contribution in [0.4, 0.5) is 0 Å². The fourth-order valence-electron chi connectivity index (χ4n) is 2.27. The molecule has 3 rings (SSSR count). The molecule has 0 bridgehead atoms. The van der Waals surface area contributed by atoms with Crippen LogP contribution in [0.15, 0.2) is 41.0 Å². The fourth-order valence-corrected chi connectivity index (χ4v) is 2.27. The van der Waals surface area contributed by atoms with E-state index in [2.05, 4.69) is 10.3 Å². The molecule has 23 heavy (non-hydrogen) atoms. The van der Waals surface area contributed by atoms with Crippen molar-refractivity contribution in [2.24, 2.45) is 5.92 Å². The zero-order chi connectivity index (χ0) is 15.9. The Labute approximate surface area is 136 Å². The van der Waals surface area contributed by atoms with Crippen molar-refractivity contribution in [3.05, 3.63) is 42.3 Å². The highest BCUT2D eigenvalue weighted by molar-refractivity contribution is 5.78. The molecule has 0 radical (unpaired) electrons. The highest BCUT2D eigenvalue weighted by atomic mass is 16.5. The van der Waals surface area contributed by atoms with E-state index in [0.29, 0.717) is 24.7 Å². The molecule has 1 amide bonds. The Bertz CT molecular complexity index is 620. The molecule has 1 aliphatic carbocycles. The van der Waals surface area contributed by atoms with Crippen LogP contribution in [0, 0.1) is 5.92 Å². The lowest BCUT2D eigenvalue weighted by atomic mass is 10.2. The van der Waals surface area contributed by atoms with Gasteiger partial charge < -0.3 is 14.5 Å². The van der Waals surface area contributed by atoms with Gasteiger partial charge in [-0.2, -0.15) is 0 Å². The number of ether oxygens (including phenoxy) is 1. The van der Waals surface area contributed by atoms with E-state index in [1.54, 1.807) is 6.26 Å². The molecule has 1 aromatic carbocycles. The normalized spacial score (nSPS) is 13.9. The second-order valence-electron chi connectivity index (χ2n) is 5.91. The van der Waals surface area contributed by atoms with Gasteiger partial charge >= 0.3 is 0 Å². The van der Waals surface area contributed by atoms with Gasteiger partial charge in [0.2, 0.25) is 11.8 Å². The SMILES string of the molecule is O=C(Cc1coc(-c2ccccc2)n1)NCCCOCC1CC1. The predicted molar refractivity (Wildman–Crippen MR) is 86.8 cm³/mol. The van der Waals surface area contributed by atoms with Crippen molar-refractivity contribution < 1.29 is 13.9 Å². The van der Waals surface area contributed by atoms with E-state index < -0.39 is 0 Å². The molecule has 0 aliphatic heterocycles. The maximum absolute atomic E-state index is 11.9. The third-order valence-corrected chi connectivity index (χ3v) is 3.75. The van der Waals surface area contributed by atoms with Gasteiger partial charge in [0.25, 0.3) is 0 Å². The number of rotatable bonds is 9. The summed E-state index contributed by atoms with van der Waals surface area (Å²) in [5.74, 6) is 1.29. The van der Waals surface area contributed by atoms with Gasteiger partial charge in [0.1, 0.15) is 6.26 Å². The molecule has 1 N–H and O–H groups in total. The van der Waals surface area contributed by atoms with Crippen LogP contribution in [-0.2, 0) is 16.0 Å². The van der Waals surface area contributed by atoms with Crippen molar-refractivity contribution in [1.29, 1.82) is 0 Å². The van der Waals surface area contributed by atoms with Gasteiger partial charge in [-0.05, 0) is 37.3 Å². The van der Waals surface area contributed by atoms with Crippen molar-refractivity contribution in [2.75, 3.05) is 19.8 Å². The van der Waals surface area contributed by atoms with E-state index in [1.807, 2.05) is 30.3 Å². The van der Waals surface area contributed by atoms with E-state index in [0.717, 1.165) is 24.5 Å². The number of oxazole rings is 1. The minimum atomic E-state index is -0.0416. The molecule has 0 atom stereocenters. The summed E-state index contributed by atoms with van der Waals surface area (Å²) in [6.45, 7) is 2.21. The van der Waals surface area contributed by atoms with Crippen LogP contribution in [0.5, 0.6) is 0 Å². The number of nitrogens with one attached hydrogen (secondary N) is 1. The second-order valence-corrected chi connectivity index (χ2v) is 5.91. The Balaban J connectivity index is 1.35. The van der Waals surface area contributed by atoms with Crippen LogP contribution in [0.1, 0.15) is 25.0 Å². The number of hydrogen-bond acceptors (Lipinski definition) is 4. The summed E-state index contributed by atoms with van der Waals surface area (Å²) in [6, 6.07) is 9.65. The van der Waals surface area contributed by atoms with Gasteiger partial charge in [-0.3, -0.25) is 4.79 Å². The lowest BCUT2D eigenvalue weighted by molar-refractivity contribution is -0.120. The standard InChI is InChI=1S/C18H22N2O3/c21-17(19-9-4-10-22-12-14-7-8-14)11-16-13-23-18(20-16)15-5-2-1-3-6-15/h1-3,5-6,13-14H,4,7-12H2,(H,19,21). The summed E-state index contributed by atoms with van der Waals surface area (Å²) in [4.78, 5) is 16.2. The molecule has 1 fully saturated rings. The molecule has 122 valence electrons. The highest BCUT2D eigenvalue weighted by Gasteiger charge is 2.20. The number of aromatic nitrogens is 1. The van der Waals surface area contributed by atoms with Crippen LogP contribution in [0.3, 0.4) is 0 Å². The summed E-state index contributed by atoms with van der Waals surface area (Å²) in [5.41, 5.74) is 1.55. The summed E-state index contributed by atoms with van der Waals surface area (Å²) < 4.78 is 11.0. The number of amides is 1. The molecule has 1 aliphatic rings. The van der Waals surface area contributed by atoms with Crippen LogP contribution in [0.2, 0.25) is 0 Å². The average molecular weight is 314 g/mol. The third-order valence-electron chi connectivity index (χ3n) is 3.75. The summed E-state index contributed by atoms with van der Waals surface area (Å²) in [7, 11) is 0. The largest absolute Gasteiger partial charge is 0.444 e. The zero-order valence-corrected chi connectivity index (χ0v) is 13.2. The molecule has 0 saturated heterocycles. The Morgan fingerprint density at radius 3 is 2.91 bits per heavy atom. The lowest BCUT2D eigenvalue weighted by Crippen LogP contribution is -2.27. The number of nitrogens with zero attached hydrogens (tertiary/aromatic N) is 1. The Morgan fingerprint density at radius 2 is 2.13 bits per heavy atom. The molecular formula is C18H22N2O3. The zero-order valence-electron chi connectivity index (χ0n) is 13.2. The minimum absolute atomic E-state index is 0.0416. The average Bonchev–Trinajstić information content (AvgIpc) is 3.29. The van der Waals surface area contributed by atoms with Gasteiger partial charge in [-0.15, -0.1) is 0 Å². The van der Waals surface area contributed by atoms with Gasteiger partial charge in [-0.1, -0.05) is 18.2 Å². The first-order valence-electron chi connectivity index (χ1n) is 8.15. The molecule has 5 heteroatoms. The molecule has 1 heterocycles. The molecule has 0 spiro atoms. The van der Waals surface area contributed by atoms with E-state index in [-0.39, 0.29) is 12.3 Å². The van der Waals surface area contributed by atoms with E-state index >= 15 is 0 Å². The fraction of sp³-hybridized carbons (Fsp3) is 0.444.